The number of nitrogens with zero attached hydrogens (tertiary/aromatic N) is 1. The maximum Gasteiger partial charge on any atom is 0.0249 e. The maximum absolute atomic E-state index is 3.87. The molecule has 0 bridgehead atoms. The van der Waals surface area contributed by atoms with Gasteiger partial charge in [-0.05, 0) is 45.1 Å². The predicted octanol–water partition coefficient (Wildman–Crippen LogP) is 2.64. The zero-order chi connectivity index (χ0) is 11.5. The first-order valence-electron chi connectivity index (χ1n) is 7.17. The first kappa shape index (κ1) is 12.4. The molecule has 2 fully saturated rings. The summed E-state index contributed by atoms with van der Waals surface area (Å²) in [5.74, 6) is 0.811. The van der Waals surface area contributed by atoms with Crippen LogP contribution in [0, 0.1) is 5.92 Å². The molecule has 2 aliphatic heterocycles. The van der Waals surface area contributed by atoms with Gasteiger partial charge in [0.2, 0.25) is 0 Å². The van der Waals surface area contributed by atoms with E-state index < -0.39 is 0 Å². The number of hydrogen-bond acceptors (Lipinski definition) is 2. The molecule has 0 radical (unpaired) electrons. The first-order valence-corrected chi connectivity index (χ1v) is 7.17. The zero-order valence-corrected chi connectivity index (χ0v) is 11.2. The van der Waals surface area contributed by atoms with Gasteiger partial charge in [-0.15, -0.1) is 0 Å². The molecular formula is C14H28N2. The lowest BCUT2D eigenvalue weighted by Crippen LogP contribution is -2.47. The molecule has 0 spiro atoms. The highest BCUT2D eigenvalue weighted by atomic mass is 15.2. The topological polar surface area (TPSA) is 15.3 Å². The van der Waals surface area contributed by atoms with Crippen molar-refractivity contribution in [2.75, 3.05) is 13.1 Å². The second-order valence-electron chi connectivity index (χ2n) is 6.19. The molecule has 1 N–H and O–H groups in total. The van der Waals surface area contributed by atoms with Crippen molar-refractivity contribution in [2.24, 2.45) is 5.92 Å². The van der Waals surface area contributed by atoms with Crippen LogP contribution in [0.4, 0.5) is 0 Å². The Kier molecular flexibility index (Phi) is 4.26. The van der Waals surface area contributed by atoms with E-state index in [4.69, 9.17) is 0 Å². The molecule has 0 aromatic rings. The Morgan fingerprint density at radius 3 is 2.69 bits per heavy atom. The van der Waals surface area contributed by atoms with Gasteiger partial charge in [-0.1, -0.05) is 20.3 Å². The van der Waals surface area contributed by atoms with E-state index in [2.05, 4.69) is 31.0 Å². The van der Waals surface area contributed by atoms with Crippen molar-refractivity contribution in [1.29, 1.82) is 0 Å². The van der Waals surface area contributed by atoms with Crippen LogP contribution in [0.15, 0.2) is 0 Å². The van der Waals surface area contributed by atoms with Crippen molar-refractivity contribution in [3.63, 3.8) is 0 Å². The molecule has 3 unspecified atom stereocenters. The normalized spacial score (nSPS) is 33.0. The predicted molar refractivity (Wildman–Crippen MR) is 69.7 cm³/mol. The number of piperidine rings is 1. The molecule has 2 aliphatic rings. The third-order valence-electron chi connectivity index (χ3n) is 4.18. The molecule has 0 amide bonds. The lowest BCUT2D eigenvalue weighted by molar-refractivity contribution is 0.175. The van der Waals surface area contributed by atoms with E-state index in [0.29, 0.717) is 6.04 Å². The van der Waals surface area contributed by atoms with Crippen molar-refractivity contribution in [2.45, 2.75) is 71.0 Å². The largest absolute Gasteiger partial charge is 0.310 e. The Hall–Kier alpha value is -0.0800. The Balaban J connectivity index is 1.81. The lowest BCUT2D eigenvalue weighted by atomic mass is 9.97. The van der Waals surface area contributed by atoms with Gasteiger partial charge in [-0.2, -0.15) is 0 Å². The third kappa shape index (κ3) is 2.98. The Morgan fingerprint density at radius 1 is 1.12 bits per heavy atom. The van der Waals surface area contributed by atoms with Crippen LogP contribution in [0.5, 0.6) is 0 Å². The maximum atomic E-state index is 3.87. The van der Waals surface area contributed by atoms with E-state index in [0.717, 1.165) is 18.0 Å². The summed E-state index contributed by atoms with van der Waals surface area (Å²) in [6, 6.07) is 2.31. The van der Waals surface area contributed by atoms with Crippen molar-refractivity contribution < 1.29 is 0 Å². The molecule has 3 atom stereocenters. The molecular weight excluding hydrogens is 196 g/mol. The molecule has 16 heavy (non-hydrogen) atoms. The highest BCUT2D eigenvalue weighted by molar-refractivity contribution is 4.94. The van der Waals surface area contributed by atoms with Gasteiger partial charge in [0.15, 0.2) is 0 Å². The van der Waals surface area contributed by atoms with Crippen LogP contribution in [0.3, 0.4) is 0 Å². The van der Waals surface area contributed by atoms with Gasteiger partial charge in [-0.25, -0.2) is 0 Å². The number of nitrogens with one attached hydrogen (secondary N) is 1. The summed E-state index contributed by atoms with van der Waals surface area (Å²) >= 11 is 0. The third-order valence-corrected chi connectivity index (χ3v) is 4.18. The van der Waals surface area contributed by atoms with Gasteiger partial charge < -0.3 is 5.32 Å². The minimum absolute atomic E-state index is 0.687. The van der Waals surface area contributed by atoms with Crippen LogP contribution < -0.4 is 5.32 Å². The van der Waals surface area contributed by atoms with Gasteiger partial charge in [0.05, 0.1) is 0 Å². The summed E-state index contributed by atoms with van der Waals surface area (Å²) in [5.41, 5.74) is 0. The summed E-state index contributed by atoms with van der Waals surface area (Å²) in [7, 11) is 0. The molecule has 0 aromatic heterocycles. The molecule has 2 heterocycles. The van der Waals surface area contributed by atoms with E-state index in [-0.39, 0.29) is 0 Å². The summed E-state index contributed by atoms with van der Waals surface area (Å²) in [6.07, 6.45) is 6.96. The summed E-state index contributed by atoms with van der Waals surface area (Å²) < 4.78 is 0. The molecule has 2 rings (SSSR count). The summed E-state index contributed by atoms with van der Waals surface area (Å²) in [5, 5.41) is 3.87. The summed E-state index contributed by atoms with van der Waals surface area (Å²) in [4.78, 5) is 2.71. The number of fused-ring (bicyclic) bond motifs is 1. The van der Waals surface area contributed by atoms with Crippen LogP contribution in [-0.4, -0.2) is 36.1 Å². The second kappa shape index (κ2) is 5.50. The monoisotopic (exact) mass is 224 g/mol. The Labute approximate surface area is 101 Å². The van der Waals surface area contributed by atoms with Crippen molar-refractivity contribution in [3.05, 3.63) is 0 Å². The molecule has 0 aliphatic carbocycles. The van der Waals surface area contributed by atoms with Gasteiger partial charge in [0, 0.05) is 24.7 Å². The van der Waals surface area contributed by atoms with Crippen LogP contribution in [0.25, 0.3) is 0 Å². The highest BCUT2D eigenvalue weighted by Gasteiger charge is 2.35. The van der Waals surface area contributed by atoms with E-state index in [1.54, 1.807) is 0 Å². The van der Waals surface area contributed by atoms with Crippen molar-refractivity contribution in [3.8, 4) is 0 Å². The quantitative estimate of drug-likeness (QED) is 0.790. The van der Waals surface area contributed by atoms with Crippen LogP contribution in [0.1, 0.15) is 52.9 Å². The fourth-order valence-corrected chi connectivity index (χ4v) is 3.58. The molecule has 94 valence electrons. The molecule has 2 heteroatoms. The number of hydrogen-bond donors (Lipinski definition) is 1. The average Bonchev–Trinajstić information content (AvgIpc) is 2.61. The Morgan fingerprint density at radius 2 is 1.94 bits per heavy atom. The van der Waals surface area contributed by atoms with Crippen LogP contribution in [-0.2, 0) is 0 Å². The Bertz CT molecular complexity index is 215. The fourth-order valence-electron chi connectivity index (χ4n) is 3.58. The SMILES string of the molecule is CC(C)CC(C)NC1CCN2CCCCC12. The van der Waals surface area contributed by atoms with E-state index >= 15 is 0 Å². The molecule has 0 aromatic carbocycles. The lowest BCUT2D eigenvalue weighted by Gasteiger charge is -2.34. The average molecular weight is 224 g/mol. The summed E-state index contributed by atoms with van der Waals surface area (Å²) in [6.45, 7) is 9.67. The van der Waals surface area contributed by atoms with E-state index in [1.807, 2.05) is 0 Å². The highest BCUT2D eigenvalue weighted by Crippen LogP contribution is 2.27. The van der Waals surface area contributed by atoms with Gasteiger partial charge in [0.25, 0.3) is 0 Å². The van der Waals surface area contributed by atoms with Gasteiger partial charge in [0.1, 0.15) is 0 Å². The first-order chi connectivity index (χ1) is 7.66. The molecule has 2 saturated heterocycles. The second-order valence-corrected chi connectivity index (χ2v) is 6.19. The minimum atomic E-state index is 0.687. The minimum Gasteiger partial charge on any atom is -0.310 e. The molecule has 0 saturated carbocycles. The smallest absolute Gasteiger partial charge is 0.0249 e. The standard InChI is InChI=1S/C14H28N2/c1-11(2)10-12(3)15-13-7-9-16-8-5-4-6-14(13)16/h11-15H,4-10H2,1-3H3. The number of rotatable bonds is 4. The zero-order valence-electron chi connectivity index (χ0n) is 11.2. The van der Waals surface area contributed by atoms with Crippen molar-refractivity contribution in [1.82, 2.24) is 10.2 Å². The van der Waals surface area contributed by atoms with Gasteiger partial charge in [-0.3, -0.25) is 4.90 Å². The van der Waals surface area contributed by atoms with Crippen LogP contribution in [0.2, 0.25) is 0 Å². The van der Waals surface area contributed by atoms with E-state index in [1.165, 1.54) is 45.2 Å². The van der Waals surface area contributed by atoms with E-state index in [9.17, 15) is 0 Å². The fraction of sp³-hybridized carbons (Fsp3) is 1.00. The molecule has 2 nitrogen and oxygen atoms in total. The van der Waals surface area contributed by atoms with Crippen molar-refractivity contribution >= 4 is 0 Å². The van der Waals surface area contributed by atoms with Gasteiger partial charge >= 0.3 is 0 Å². The van der Waals surface area contributed by atoms with Crippen LogP contribution >= 0.6 is 0 Å².